The van der Waals surface area contributed by atoms with Gasteiger partial charge in [-0.3, -0.25) is 4.72 Å². The molecule has 25 heavy (non-hydrogen) atoms. The summed E-state index contributed by atoms with van der Waals surface area (Å²) in [4.78, 5) is -1.13. The van der Waals surface area contributed by atoms with E-state index in [1.807, 2.05) is 4.72 Å². The highest BCUT2D eigenvalue weighted by Crippen LogP contribution is 2.37. The minimum atomic E-state index is -5.13. The lowest BCUT2D eigenvalue weighted by atomic mass is 10.1. The predicted octanol–water partition coefficient (Wildman–Crippen LogP) is 4.83. The van der Waals surface area contributed by atoms with Gasteiger partial charge in [0.2, 0.25) is 0 Å². The van der Waals surface area contributed by atoms with Crippen molar-refractivity contribution in [3.05, 3.63) is 59.2 Å². The molecule has 0 aliphatic heterocycles. The molecule has 0 aromatic heterocycles. The Morgan fingerprint density at radius 3 is 1.64 bits per heavy atom. The minimum Gasteiger partial charge on any atom is -0.280 e. The number of rotatable bonds is 3. The molecule has 0 saturated carbocycles. The van der Waals surface area contributed by atoms with Gasteiger partial charge in [0.15, 0.2) is 0 Å². The number of nitrogens with one attached hydrogen (secondary N) is 1. The molecule has 0 saturated heterocycles. The van der Waals surface area contributed by atoms with Gasteiger partial charge < -0.3 is 0 Å². The zero-order valence-corrected chi connectivity index (χ0v) is 13.4. The molecule has 0 radical (unpaired) electrons. The molecule has 136 valence electrons. The van der Waals surface area contributed by atoms with Crippen molar-refractivity contribution in [2.24, 2.45) is 0 Å². The van der Waals surface area contributed by atoms with Crippen LogP contribution in [0.5, 0.6) is 0 Å². The highest BCUT2D eigenvalue weighted by atomic mass is 32.2. The summed E-state index contributed by atoms with van der Waals surface area (Å²) in [5, 5.41) is 0. The molecule has 3 nitrogen and oxygen atoms in total. The van der Waals surface area contributed by atoms with E-state index in [0.717, 1.165) is 5.56 Å². The topological polar surface area (TPSA) is 46.2 Å². The van der Waals surface area contributed by atoms with Crippen molar-refractivity contribution in [3.63, 3.8) is 0 Å². The van der Waals surface area contributed by atoms with Crippen molar-refractivity contribution >= 4 is 15.7 Å². The average Bonchev–Trinajstić information content (AvgIpc) is 2.47. The van der Waals surface area contributed by atoms with E-state index in [-0.39, 0.29) is 23.9 Å². The van der Waals surface area contributed by atoms with E-state index in [0.29, 0.717) is 0 Å². The number of halogens is 6. The van der Waals surface area contributed by atoms with Crippen molar-refractivity contribution in [3.8, 4) is 0 Å². The Kier molecular flexibility index (Phi) is 4.77. The van der Waals surface area contributed by atoms with Crippen molar-refractivity contribution in [2.45, 2.75) is 24.2 Å². The number of hydrogen-bond acceptors (Lipinski definition) is 2. The van der Waals surface area contributed by atoms with Gasteiger partial charge in [-0.2, -0.15) is 26.3 Å². The van der Waals surface area contributed by atoms with Gasteiger partial charge in [0.1, 0.15) is 0 Å². The van der Waals surface area contributed by atoms with Gasteiger partial charge >= 0.3 is 12.4 Å². The molecule has 2 aromatic carbocycles. The maximum absolute atomic E-state index is 12.8. The molecule has 2 rings (SSSR count). The van der Waals surface area contributed by atoms with E-state index in [4.69, 9.17) is 0 Å². The highest BCUT2D eigenvalue weighted by molar-refractivity contribution is 7.92. The van der Waals surface area contributed by atoms with Crippen LogP contribution in [0.1, 0.15) is 16.7 Å². The first-order chi connectivity index (χ1) is 11.3. The zero-order valence-electron chi connectivity index (χ0n) is 12.5. The quantitative estimate of drug-likeness (QED) is 0.772. The van der Waals surface area contributed by atoms with Gasteiger partial charge in [-0.15, -0.1) is 0 Å². The van der Waals surface area contributed by atoms with E-state index in [9.17, 15) is 34.8 Å². The molecule has 0 atom stereocenters. The molecule has 0 aliphatic rings. The number of hydrogen-bond donors (Lipinski definition) is 1. The normalized spacial score (nSPS) is 12.9. The fraction of sp³-hybridized carbons (Fsp3) is 0.200. The van der Waals surface area contributed by atoms with Crippen LogP contribution in [0, 0.1) is 6.92 Å². The minimum absolute atomic E-state index is 0.0107. The predicted molar refractivity (Wildman–Crippen MR) is 78.4 cm³/mol. The SMILES string of the molecule is Cc1ccc(NS(=O)(=O)c2cc(C(F)(F)F)cc(C(F)(F)F)c2)cc1. The van der Waals surface area contributed by atoms with E-state index < -0.39 is 38.4 Å². The Morgan fingerprint density at radius 2 is 1.24 bits per heavy atom. The summed E-state index contributed by atoms with van der Waals surface area (Å²) in [6.45, 7) is 1.72. The summed E-state index contributed by atoms with van der Waals surface area (Å²) >= 11 is 0. The maximum atomic E-state index is 12.8. The van der Waals surface area contributed by atoms with E-state index in [1.165, 1.54) is 24.3 Å². The first kappa shape index (κ1) is 19.1. The smallest absolute Gasteiger partial charge is 0.280 e. The lowest BCUT2D eigenvalue weighted by molar-refractivity contribution is -0.143. The standard InChI is InChI=1S/C15H11F6NO2S/c1-9-2-4-12(5-3-9)22-25(23,24)13-7-10(14(16,17)18)6-11(8-13)15(19,20)21/h2-8,22H,1H3. The zero-order chi connectivity index (χ0) is 19.0. The fourth-order valence-corrected chi connectivity index (χ4v) is 3.05. The second-order valence-corrected chi connectivity index (χ2v) is 6.90. The third-order valence-corrected chi connectivity index (χ3v) is 4.54. The fourth-order valence-electron chi connectivity index (χ4n) is 1.92. The third-order valence-electron chi connectivity index (χ3n) is 3.18. The number of aryl methyl sites for hydroxylation is 1. The summed E-state index contributed by atoms with van der Waals surface area (Å²) in [5.74, 6) is 0. The monoisotopic (exact) mass is 383 g/mol. The molecule has 1 N–H and O–H groups in total. The van der Waals surface area contributed by atoms with E-state index in [2.05, 4.69) is 0 Å². The number of sulfonamides is 1. The van der Waals surface area contributed by atoms with Gasteiger partial charge in [-0.25, -0.2) is 8.42 Å². The molecule has 0 aliphatic carbocycles. The van der Waals surface area contributed by atoms with E-state index in [1.54, 1.807) is 6.92 Å². The maximum Gasteiger partial charge on any atom is 0.416 e. The van der Waals surface area contributed by atoms with Crippen LogP contribution >= 0.6 is 0 Å². The molecule has 0 unspecified atom stereocenters. The lowest BCUT2D eigenvalue weighted by Gasteiger charge is -2.15. The first-order valence-electron chi connectivity index (χ1n) is 6.68. The molecule has 10 heteroatoms. The Labute approximate surface area is 139 Å². The Morgan fingerprint density at radius 1 is 0.800 bits per heavy atom. The van der Waals surface area contributed by atoms with Crippen molar-refractivity contribution in [1.29, 1.82) is 0 Å². The summed E-state index contributed by atoms with van der Waals surface area (Å²) < 4.78 is 103. The molecule has 0 spiro atoms. The Bertz CT molecular complexity index is 838. The summed E-state index contributed by atoms with van der Waals surface area (Å²) in [6, 6.07) is 5.93. The number of alkyl halides is 6. The van der Waals surface area contributed by atoms with Gasteiger partial charge in [-0.05, 0) is 37.3 Å². The molecule has 0 bridgehead atoms. The van der Waals surface area contributed by atoms with Crippen LogP contribution in [0.25, 0.3) is 0 Å². The largest absolute Gasteiger partial charge is 0.416 e. The van der Waals surface area contributed by atoms with Crippen molar-refractivity contribution < 1.29 is 34.8 Å². The van der Waals surface area contributed by atoms with Gasteiger partial charge in [0.25, 0.3) is 10.0 Å². The molecule has 2 aromatic rings. The summed E-state index contributed by atoms with van der Waals surface area (Å²) in [7, 11) is -4.64. The Hall–Kier alpha value is -2.23. The number of benzene rings is 2. The van der Waals surface area contributed by atoms with Crippen LogP contribution in [-0.2, 0) is 22.4 Å². The van der Waals surface area contributed by atoms with Crippen LogP contribution in [0.15, 0.2) is 47.4 Å². The molecular formula is C15H11F6NO2S. The van der Waals surface area contributed by atoms with Gasteiger partial charge in [0, 0.05) is 5.69 Å². The summed E-state index contributed by atoms with van der Waals surface area (Å²) in [6.07, 6.45) is -10.3. The second-order valence-electron chi connectivity index (χ2n) is 5.21. The Balaban J connectivity index is 2.54. The molecule has 0 amide bonds. The van der Waals surface area contributed by atoms with Crippen LogP contribution < -0.4 is 4.72 Å². The van der Waals surface area contributed by atoms with Gasteiger partial charge in [0.05, 0.1) is 16.0 Å². The van der Waals surface area contributed by atoms with Crippen LogP contribution in [0.4, 0.5) is 32.0 Å². The highest BCUT2D eigenvalue weighted by Gasteiger charge is 2.38. The van der Waals surface area contributed by atoms with Crippen molar-refractivity contribution in [1.82, 2.24) is 0 Å². The third kappa shape index (κ3) is 4.65. The van der Waals surface area contributed by atoms with Crippen LogP contribution in [-0.4, -0.2) is 8.42 Å². The lowest BCUT2D eigenvalue weighted by Crippen LogP contribution is -2.17. The molecule has 0 heterocycles. The van der Waals surface area contributed by atoms with Gasteiger partial charge in [-0.1, -0.05) is 17.7 Å². The average molecular weight is 383 g/mol. The van der Waals surface area contributed by atoms with Crippen molar-refractivity contribution in [2.75, 3.05) is 4.72 Å². The van der Waals surface area contributed by atoms with Crippen LogP contribution in [0.2, 0.25) is 0 Å². The molecule has 0 fully saturated rings. The first-order valence-corrected chi connectivity index (χ1v) is 8.16. The van der Waals surface area contributed by atoms with E-state index >= 15 is 0 Å². The van der Waals surface area contributed by atoms with Crippen LogP contribution in [0.3, 0.4) is 0 Å². The summed E-state index contributed by atoms with van der Waals surface area (Å²) in [5.41, 5.74) is -2.60. The molecular weight excluding hydrogens is 372 g/mol. The second kappa shape index (κ2) is 6.25. The number of anilines is 1.